The maximum atomic E-state index is 12.3. The molecule has 4 N–H and O–H groups in total. The molecule has 264 valence electrons. The van der Waals surface area contributed by atoms with Crippen molar-refractivity contribution in [1.82, 2.24) is 40.4 Å². The molecular formula is C38H49N9O3. The second-order valence-corrected chi connectivity index (χ2v) is 13.3. The number of benzene rings is 3. The minimum atomic E-state index is 0.0652. The average molecular weight is 680 g/mol. The van der Waals surface area contributed by atoms with E-state index in [1.54, 1.807) is 0 Å². The van der Waals surface area contributed by atoms with Gasteiger partial charge in [0.15, 0.2) is 0 Å². The zero-order chi connectivity index (χ0) is 34.1. The van der Waals surface area contributed by atoms with Crippen LogP contribution in [0.1, 0.15) is 19.3 Å². The Bertz CT molecular complexity index is 1860. The fourth-order valence-electron chi connectivity index (χ4n) is 6.56. The van der Waals surface area contributed by atoms with Crippen molar-refractivity contribution in [3.8, 4) is 28.5 Å². The van der Waals surface area contributed by atoms with Crippen LogP contribution in [0, 0.1) is 0 Å². The Balaban J connectivity index is 0.869. The predicted molar refractivity (Wildman–Crippen MR) is 199 cm³/mol. The van der Waals surface area contributed by atoms with Gasteiger partial charge in [0.1, 0.15) is 17.4 Å². The van der Waals surface area contributed by atoms with Crippen LogP contribution in [0.5, 0.6) is 5.75 Å². The quantitative estimate of drug-likeness (QED) is 0.121. The summed E-state index contributed by atoms with van der Waals surface area (Å²) in [4.78, 5) is 36.3. The Morgan fingerprint density at radius 3 is 2.36 bits per heavy atom. The number of aromatic nitrogens is 4. The Morgan fingerprint density at radius 2 is 1.56 bits per heavy atom. The SMILES string of the molecule is CN1CCN(c2ccc3nc(-c4ccc5nc(-c6cccc(OCCCC(=O)NCCCNCCN7CCOCC7)c6)[nH]c5c4)[nH]c3c2)CC1. The van der Waals surface area contributed by atoms with E-state index < -0.39 is 0 Å². The smallest absolute Gasteiger partial charge is 0.220 e. The number of ether oxygens (including phenoxy) is 2. The van der Waals surface area contributed by atoms with Gasteiger partial charge in [-0.15, -0.1) is 0 Å². The zero-order valence-electron chi connectivity index (χ0n) is 29.0. The lowest BCUT2D eigenvalue weighted by molar-refractivity contribution is -0.121. The Kier molecular flexibility index (Phi) is 11.2. The van der Waals surface area contributed by atoms with Crippen molar-refractivity contribution >= 4 is 33.7 Å². The van der Waals surface area contributed by atoms with Crippen LogP contribution in [0.15, 0.2) is 60.7 Å². The number of anilines is 1. The fraction of sp³-hybridized carbons (Fsp3) is 0.447. The number of hydrogen-bond acceptors (Lipinski definition) is 9. The molecule has 5 aromatic rings. The maximum Gasteiger partial charge on any atom is 0.220 e. The molecule has 2 fully saturated rings. The van der Waals surface area contributed by atoms with Gasteiger partial charge in [-0.25, -0.2) is 9.97 Å². The minimum absolute atomic E-state index is 0.0652. The first kappa shape index (κ1) is 34.0. The van der Waals surface area contributed by atoms with Crippen molar-refractivity contribution in [3.05, 3.63) is 60.7 Å². The number of aromatic amines is 2. The molecule has 2 saturated heterocycles. The number of carbonyl (C=O) groups excluding carboxylic acids is 1. The highest BCUT2D eigenvalue weighted by Gasteiger charge is 2.16. The Labute approximate surface area is 293 Å². The van der Waals surface area contributed by atoms with E-state index in [0.717, 1.165) is 129 Å². The summed E-state index contributed by atoms with van der Waals surface area (Å²) < 4.78 is 11.4. The van der Waals surface area contributed by atoms with E-state index in [0.29, 0.717) is 26.0 Å². The topological polar surface area (TPSA) is 127 Å². The first-order valence-electron chi connectivity index (χ1n) is 18.0. The molecule has 12 heteroatoms. The summed E-state index contributed by atoms with van der Waals surface area (Å²) in [5.41, 5.74) is 7.00. The molecule has 4 heterocycles. The van der Waals surface area contributed by atoms with E-state index in [1.807, 2.05) is 30.3 Å². The lowest BCUT2D eigenvalue weighted by Crippen LogP contribution is -2.44. The summed E-state index contributed by atoms with van der Waals surface area (Å²) in [6.45, 7) is 12.0. The summed E-state index contributed by atoms with van der Waals surface area (Å²) in [6, 6.07) is 20.6. The third-order valence-electron chi connectivity index (χ3n) is 9.57. The van der Waals surface area contributed by atoms with Crippen molar-refractivity contribution in [2.45, 2.75) is 19.3 Å². The number of nitrogens with one attached hydrogen (secondary N) is 4. The number of nitrogens with zero attached hydrogens (tertiary/aromatic N) is 5. The number of likely N-dealkylation sites (N-methyl/N-ethyl adjacent to an activating group) is 1. The van der Waals surface area contributed by atoms with Gasteiger partial charge >= 0.3 is 0 Å². The van der Waals surface area contributed by atoms with E-state index in [4.69, 9.17) is 19.4 Å². The summed E-state index contributed by atoms with van der Waals surface area (Å²) in [7, 11) is 2.18. The molecule has 2 aliphatic rings. The second-order valence-electron chi connectivity index (χ2n) is 13.3. The fourth-order valence-corrected chi connectivity index (χ4v) is 6.56. The van der Waals surface area contributed by atoms with Crippen LogP contribution in [0.4, 0.5) is 5.69 Å². The van der Waals surface area contributed by atoms with E-state index in [2.05, 4.69) is 72.7 Å². The summed E-state index contributed by atoms with van der Waals surface area (Å²) in [6.07, 6.45) is 2.01. The predicted octanol–water partition coefficient (Wildman–Crippen LogP) is 4.11. The van der Waals surface area contributed by atoms with Gasteiger partial charge in [0.25, 0.3) is 0 Å². The summed E-state index contributed by atoms with van der Waals surface area (Å²) in [5.74, 6) is 2.43. The van der Waals surface area contributed by atoms with E-state index in [9.17, 15) is 4.79 Å². The molecule has 3 aromatic carbocycles. The molecule has 0 spiro atoms. The molecular weight excluding hydrogens is 630 g/mol. The van der Waals surface area contributed by atoms with Crippen molar-refractivity contribution < 1.29 is 14.3 Å². The van der Waals surface area contributed by atoms with Crippen LogP contribution < -0.4 is 20.3 Å². The maximum absolute atomic E-state index is 12.3. The van der Waals surface area contributed by atoms with Gasteiger partial charge in [-0.2, -0.15) is 0 Å². The van der Waals surface area contributed by atoms with Gasteiger partial charge in [-0.05, 0) is 75.0 Å². The average Bonchev–Trinajstić information content (AvgIpc) is 3.78. The lowest BCUT2D eigenvalue weighted by Gasteiger charge is -2.34. The molecule has 1 amide bonds. The molecule has 0 atom stereocenters. The summed E-state index contributed by atoms with van der Waals surface area (Å²) in [5, 5.41) is 6.48. The monoisotopic (exact) mass is 679 g/mol. The van der Waals surface area contributed by atoms with Crippen LogP contribution >= 0.6 is 0 Å². The number of fused-ring (bicyclic) bond motifs is 2. The number of morpholine rings is 1. The summed E-state index contributed by atoms with van der Waals surface area (Å²) >= 11 is 0. The first-order valence-corrected chi connectivity index (χ1v) is 18.0. The van der Waals surface area contributed by atoms with Crippen LogP contribution in [0.3, 0.4) is 0 Å². The lowest BCUT2D eigenvalue weighted by atomic mass is 10.2. The number of piperazine rings is 1. The van der Waals surface area contributed by atoms with Gasteiger partial charge in [-0.1, -0.05) is 12.1 Å². The van der Waals surface area contributed by atoms with Crippen LogP contribution in [-0.2, 0) is 9.53 Å². The number of imidazole rings is 2. The van der Waals surface area contributed by atoms with Gasteiger partial charge in [-0.3, -0.25) is 9.69 Å². The van der Waals surface area contributed by atoms with Gasteiger partial charge in [0, 0.05) is 82.1 Å². The van der Waals surface area contributed by atoms with Gasteiger partial charge < -0.3 is 39.9 Å². The zero-order valence-corrected chi connectivity index (χ0v) is 29.0. The van der Waals surface area contributed by atoms with Gasteiger partial charge in [0.2, 0.25) is 5.91 Å². The van der Waals surface area contributed by atoms with Crippen molar-refractivity contribution in [3.63, 3.8) is 0 Å². The molecule has 0 unspecified atom stereocenters. The molecule has 0 saturated carbocycles. The molecule has 50 heavy (non-hydrogen) atoms. The molecule has 2 aliphatic heterocycles. The van der Waals surface area contributed by atoms with Gasteiger partial charge in [0.05, 0.1) is 41.9 Å². The molecule has 12 nitrogen and oxygen atoms in total. The number of amides is 1. The molecule has 2 aromatic heterocycles. The Morgan fingerprint density at radius 1 is 0.820 bits per heavy atom. The number of H-pyrrole nitrogens is 2. The highest BCUT2D eigenvalue weighted by atomic mass is 16.5. The number of carbonyl (C=O) groups is 1. The molecule has 0 bridgehead atoms. The molecule has 0 radical (unpaired) electrons. The van der Waals surface area contributed by atoms with E-state index in [-0.39, 0.29) is 5.91 Å². The van der Waals surface area contributed by atoms with E-state index >= 15 is 0 Å². The van der Waals surface area contributed by atoms with Crippen molar-refractivity contribution in [2.24, 2.45) is 0 Å². The molecule has 0 aliphatic carbocycles. The molecule has 7 rings (SSSR count). The van der Waals surface area contributed by atoms with E-state index in [1.165, 1.54) is 5.69 Å². The van der Waals surface area contributed by atoms with Crippen molar-refractivity contribution in [2.75, 3.05) is 97.2 Å². The Hall–Kier alpha value is -4.49. The normalized spacial score (nSPS) is 16.0. The number of hydrogen-bond donors (Lipinski definition) is 4. The standard InChI is InChI=1S/C38H49N9O3/c1-45-16-18-47(19-17-45)30-9-11-33-35(27-30)44-38(42-33)29-8-10-32-34(26-29)43-37(41-32)28-5-2-6-31(25-28)50-22-3-7-36(48)40-13-4-12-39-14-15-46-20-23-49-24-21-46/h2,5-6,8-11,25-27,39H,3-4,7,12-24H2,1H3,(H,40,48)(H,41,43)(H,42,44). The third-order valence-corrected chi connectivity index (χ3v) is 9.57. The largest absolute Gasteiger partial charge is 0.494 e. The van der Waals surface area contributed by atoms with Crippen LogP contribution in [0.2, 0.25) is 0 Å². The third kappa shape index (κ3) is 8.80. The van der Waals surface area contributed by atoms with Crippen LogP contribution in [0.25, 0.3) is 44.8 Å². The first-order chi connectivity index (χ1) is 24.6. The second kappa shape index (κ2) is 16.5. The minimum Gasteiger partial charge on any atom is -0.494 e. The number of rotatable bonds is 15. The highest BCUT2D eigenvalue weighted by molar-refractivity contribution is 5.87. The van der Waals surface area contributed by atoms with Crippen LogP contribution in [-0.4, -0.2) is 128 Å². The highest BCUT2D eigenvalue weighted by Crippen LogP contribution is 2.29. The van der Waals surface area contributed by atoms with Crippen molar-refractivity contribution in [1.29, 1.82) is 0 Å².